The molecular formula is C17H22N2OS. The normalized spacial score (nSPS) is 12.0. The first kappa shape index (κ1) is 15.6. The molecule has 0 aliphatic heterocycles. The molecule has 0 bridgehead atoms. The topological polar surface area (TPSA) is 41.1 Å². The first-order valence-electron chi connectivity index (χ1n) is 7.23. The van der Waals surface area contributed by atoms with Crippen LogP contribution in [0.1, 0.15) is 45.6 Å². The van der Waals surface area contributed by atoms with Crippen molar-refractivity contribution < 1.29 is 4.79 Å². The molecule has 2 N–H and O–H groups in total. The number of carbonyl (C=O) groups excluding carboxylic acids is 1. The predicted octanol–water partition coefficient (Wildman–Crippen LogP) is 4.29. The standard InChI is InChI=1S/C17H22N2OS/c1-5-18-15-8-7-14(10-11(15)2)17(20)19-13(4)16-9-6-12(3)21-16/h6-10,13,18H,5H2,1-4H3,(H,19,20). The van der Waals surface area contributed by atoms with Crippen LogP contribution >= 0.6 is 11.3 Å². The number of thiophene rings is 1. The highest BCUT2D eigenvalue weighted by molar-refractivity contribution is 7.12. The summed E-state index contributed by atoms with van der Waals surface area (Å²) in [4.78, 5) is 14.8. The maximum Gasteiger partial charge on any atom is 0.251 e. The quantitative estimate of drug-likeness (QED) is 0.865. The van der Waals surface area contributed by atoms with Crippen LogP contribution in [0.2, 0.25) is 0 Å². The number of anilines is 1. The molecule has 1 amide bonds. The van der Waals surface area contributed by atoms with Crippen molar-refractivity contribution in [2.45, 2.75) is 33.7 Å². The molecule has 1 atom stereocenters. The van der Waals surface area contributed by atoms with Crippen LogP contribution in [0.5, 0.6) is 0 Å². The summed E-state index contributed by atoms with van der Waals surface area (Å²) >= 11 is 1.72. The smallest absolute Gasteiger partial charge is 0.251 e. The van der Waals surface area contributed by atoms with E-state index in [4.69, 9.17) is 0 Å². The minimum absolute atomic E-state index is 0.0281. The minimum atomic E-state index is -0.0281. The van der Waals surface area contributed by atoms with E-state index in [9.17, 15) is 4.79 Å². The molecular weight excluding hydrogens is 280 g/mol. The van der Waals surface area contributed by atoms with E-state index in [1.807, 2.05) is 32.0 Å². The van der Waals surface area contributed by atoms with E-state index in [-0.39, 0.29) is 11.9 Å². The Labute approximate surface area is 130 Å². The van der Waals surface area contributed by atoms with Crippen molar-refractivity contribution in [3.63, 3.8) is 0 Å². The van der Waals surface area contributed by atoms with E-state index in [0.29, 0.717) is 5.56 Å². The van der Waals surface area contributed by atoms with Gasteiger partial charge in [-0.05, 0) is 63.6 Å². The van der Waals surface area contributed by atoms with Gasteiger partial charge in [0.05, 0.1) is 6.04 Å². The molecule has 2 rings (SSSR count). The van der Waals surface area contributed by atoms with Crippen LogP contribution in [0, 0.1) is 13.8 Å². The maximum atomic E-state index is 12.3. The summed E-state index contributed by atoms with van der Waals surface area (Å²) in [5.41, 5.74) is 2.87. The minimum Gasteiger partial charge on any atom is -0.385 e. The average molecular weight is 302 g/mol. The average Bonchev–Trinajstić information content (AvgIpc) is 2.88. The van der Waals surface area contributed by atoms with Crippen LogP contribution in [0.4, 0.5) is 5.69 Å². The molecule has 0 aliphatic carbocycles. The summed E-state index contributed by atoms with van der Waals surface area (Å²) in [6.45, 7) is 9.04. The van der Waals surface area contributed by atoms with Gasteiger partial charge >= 0.3 is 0 Å². The Hall–Kier alpha value is -1.81. The number of aryl methyl sites for hydroxylation is 2. The fourth-order valence-electron chi connectivity index (χ4n) is 2.23. The van der Waals surface area contributed by atoms with E-state index in [1.54, 1.807) is 11.3 Å². The van der Waals surface area contributed by atoms with Crippen molar-refractivity contribution in [1.82, 2.24) is 5.32 Å². The van der Waals surface area contributed by atoms with Crippen LogP contribution in [0.15, 0.2) is 30.3 Å². The highest BCUT2D eigenvalue weighted by Crippen LogP contribution is 2.23. The van der Waals surface area contributed by atoms with Crippen molar-refractivity contribution >= 4 is 22.9 Å². The Balaban J connectivity index is 2.08. The van der Waals surface area contributed by atoms with Crippen molar-refractivity contribution in [2.75, 3.05) is 11.9 Å². The van der Waals surface area contributed by atoms with Crippen LogP contribution in [-0.2, 0) is 0 Å². The zero-order chi connectivity index (χ0) is 15.4. The summed E-state index contributed by atoms with van der Waals surface area (Å²) in [6, 6.07) is 9.95. The second-order valence-corrected chi connectivity index (χ2v) is 6.52. The number of rotatable bonds is 5. The third kappa shape index (κ3) is 3.85. The summed E-state index contributed by atoms with van der Waals surface area (Å²) in [5, 5.41) is 6.34. The Morgan fingerprint density at radius 3 is 2.57 bits per heavy atom. The van der Waals surface area contributed by atoms with Gasteiger partial charge in [0.1, 0.15) is 0 Å². The van der Waals surface area contributed by atoms with Crippen molar-refractivity contribution in [3.8, 4) is 0 Å². The molecule has 0 saturated heterocycles. The summed E-state index contributed by atoms with van der Waals surface area (Å²) < 4.78 is 0. The zero-order valence-corrected chi connectivity index (χ0v) is 13.8. The first-order chi connectivity index (χ1) is 10.0. The van der Waals surface area contributed by atoms with E-state index in [2.05, 4.69) is 36.6 Å². The summed E-state index contributed by atoms with van der Waals surface area (Å²) in [7, 11) is 0. The molecule has 3 nitrogen and oxygen atoms in total. The molecule has 1 aromatic heterocycles. The first-order valence-corrected chi connectivity index (χ1v) is 8.04. The van der Waals surface area contributed by atoms with E-state index in [0.717, 1.165) is 17.8 Å². The molecule has 2 aromatic rings. The number of hydrogen-bond acceptors (Lipinski definition) is 3. The molecule has 1 unspecified atom stereocenters. The molecule has 0 radical (unpaired) electrons. The van der Waals surface area contributed by atoms with Crippen molar-refractivity contribution in [2.24, 2.45) is 0 Å². The van der Waals surface area contributed by atoms with Crippen LogP contribution in [-0.4, -0.2) is 12.5 Å². The van der Waals surface area contributed by atoms with E-state index < -0.39 is 0 Å². The number of hydrogen-bond donors (Lipinski definition) is 2. The van der Waals surface area contributed by atoms with Crippen LogP contribution in [0.25, 0.3) is 0 Å². The number of amides is 1. The molecule has 0 aliphatic rings. The Kier molecular flexibility index (Phi) is 5.02. The van der Waals surface area contributed by atoms with Gasteiger partial charge in [-0.15, -0.1) is 11.3 Å². The Morgan fingerprint density at radius 2 is 2.00 bits per heavy atom. The SMILES string of the molecule is CCNc1ccc(C(=O)NC(C)c2ccc(C)s2)cc1C. The van der Waals surface area contributed by atoms with Gasteiger partial charge < -0.3 is 10.6 Å². The van der Waals surface area contributed by atoms with Crippen LogP contribution in [0.3, 0.4) is 0 Å². The third-order valence-electron chi connectivity index (χ3n) is 3.39. The Morgan fingerprint density at radius 1 is 1.24 bits per heavy atom. The van der Waals surface area contributed by atoms with E-state index >= 15 is 0 Å². The summed E-state index contributed by atoms with van der Waals surface area (Å²) in [5.74, 6) is -0.0281. The monoisotopic (exact) mass is 302 g/mol. The van der Waals surface area contributed by atoms with Crippen LogP contribution < -0.4 is 10.6 Å². The van der Waals surface area contributed by atoms with Crippen molar-refractivity contribution in [3.05, 3.63) is 51.2 Å². The zero-order valence-electron chi connectivity index (χ0n) is 13.0. The van der Waals surface area contributed by atoms with Gasteiger partial charge in [0, 0.05) is 27.5 Å². The predicted molar refractivity (Wildman–Crippen MR) is 90.3 cm³/mol. The Bertz CT molecular complexity index is 633. The fourth-order valence-corrected chi connectivity index (χ4v) is 3.11. The molecule has 0 saturated carbocycles. The number of benzene rings is 1. The van der Waals surface area contributed by atoms with Gasteiger partial charge in [-0.25, -0.2) is 0 Å². The highest BCUT2D eigenvalue weighted by atomic mass is 32.1. The molecule has 112 valence electrons. The summed E-state index contributed by atoms with van der Waals surface area (Å²) in [6.07, 6.45) is 0. The van der Waals surface area contributed by atoms with Gasteiger partial charge in [0.15, 0.2) is 0 Å². The number of carbonyl (C=O) groups is 1. The second kappa shape index (κ2) is 6.76. The molecule has 21 heavy (non-hydrogen) atoms. The lowest BCUT2D eigenvalue weighted by Crippen LogP contribution is -2.26. The van der Waals surface area contributed by atoms with Gasteiger partial charge in [-0.3, -0.25) is 4.79 Å². The maximum absolute atomic E-state index is 12.3. The third-order valence-corrected chi connectivity index (χ3v) is 4.57. The number of nitrogens with one attached hydrogen (secondary N) is 2. The lowest BCUT2D eigenvalue weighted by Gasteiger charge is -2.14. The lowest BCUT2D eigenvalue weighted by molar-refractivity contribution is 0.0940. The largest absolute Gasteiger partial charge is 0.385 e. The molecule has 1 heterocycles. The second-order valence-electron chi connectivity index (χ2n) is 5.20. The lowest BCUT2D eigenvalue weighted by atomic mass is 10.1. The van der Waals surface area contributed by atoms with Crippen molar-refractivity contribution in [1.29, 1.82) is 0 Å². The van der Waals surface area contributed by atoms with E-state index in [1.165, 1.54) is 9.75 Å². The van der Waals surface area contributed by atoms with Gasteiger partial charge in [-0.2, -0.15) is 0 Å². The highest BCUT2D eigenvalue weighted by Gasteiger charge is 2.13. The van der Waals surface area contributed by atoms with Gasteiger partial charge in [-0.1, -0.05) is 0 Å². The molecule has 1 aromatic carbocycles. The molecule has 0 fully saturated rings. The molecule has 4 heteroatoms. The van der Waals surface area contributed by atoms with Gasteiger partial charge in [0.2, 0.25) is 0 Å². The fraction of sp³-hybridized carbons (Fsp3) is 0.353. The molecule has 0 spiro atoms. The van der Waals surface area contributed by atoms with Gasteiger partial charge in [0.25, 0.3) is 5.91 Å².